The van der Waals surface area contributed by atoms with Crippen molar-refractivity contribution in [2.24, 2.45) is 0 Å². The molecule has 3 rings (SSSR count). The smallest absolute Gasteiger partial charge is 0.262 e. The molecule has 1 amide bonds. The number of likely N-dealkylation sites (N-methyl/N-ethyl adjacent to an activating group) is 1. The molecule has 6 nitrogen and oxygen atoms in total. The van der Waals surface area contributed by atoms with Crippen LogP contribution in [0.15, 0.2) is 77.7 Å². The molecule has 0 bridgehead atoms. The van der Waals surface area contributed by atoms with Crippen LogP contribution in [0.25, 0.3) is 0 Å². The summed E-state index contributed by atoms with van der Waals surface area (Å²) >= 11 is 0. The van der Waals surface area contributed by atoms with Crippen LogP contribution < -0.4 is 9.46 Å². The Morgan fingerprint density at radius 1 is 1.00 bits per heavy atom. The van der Waals surface area contributed by atoms with Crippen LogP contribution in [0, 0.1) is 6.92 Å². The normalized spacial score (nSPS) is 11.1. The van der Waals surface area contributed by atoms with Gasteiger partial charge in [-0.2, -0.15) is 0 Å². The number of rotatable bonds is 9. The predicted molar refractivity (Wildman–Crippen MR) is 127 cm³/mol. The summed E-state index contributed by atoms with van der Waals surface area (Å²) in [5.74, 6) is 0.219. The fourth-order valence-electron chi connectivity index (χ4n) is 3.45. The maximum atomic E-state index is 13.1. The number of nitrogens with zero attached hydrogens (tertiary/aromatic N) is 1. The second kappa shape index (κ2) is 10.3. The highest BCUT2D eigenvalue weighted by Gasteiger charge is 2.22. The number of hydrogen-bond donors (Lipinski definition) is 1. The SMILES string of the molecule is CCN(CCc1ccccc1)C(=O)c1ccc(C)c(S(=O)(=O)Nc2ccccc2OC)c1. The van der Waals surface area contributed by atoms with E-state index < -0.39 is 10.0 Å². The first kappa shape index (κ1) is 23.3. The van der Waals surface area contributed by atoms with Crippen molar-refractivity contribution in [3.8, 4) is 5.75 Å². The van der Waals surface area contributed by atoms with Gasteiger partial charge < -0.3 is 9.64 Å². The molecule has 0 atom stereocenters. The first-order chi connectivity index (χ1) is 15.4. The second-order valence-electron chi connectivity index (χ2n) is 7.41. The fourth-order valence-corrected chi connectivity index (χ4v) is 4.79. The molecule has 32 heavy (non-hydrogen) atoms. The highest BCUT2D eigenvalue weighted by atomic mass is 32.2. The van der Waals surface area contributed by atoms with E-state index in [-0.39, 0.29) is 10.8 Å². The average Bonchev–Trinajstić information content (AvgIpc) is 2.80. The molecule has 0 saturated carbocycles. The van der Waals surface area contributed by atoms with Crippen LogP contribution >= 0.6 is 0 Å². The van der Waals surface area contributed by atoms with E-state index in [9.17, 15) is 13.2 Å². The maximum absolute atomic E-state index is 13.1. The van der Waals surface area contributed by atoms with Gasteiger partial charge in [0.15, 0.2) is 0 Å². The van der Waals surface area contributed by atoms with Gasteiger partial charge in [-0.1, -0.05) is 48.5 Å². The monoisotopic (exact) mass is 452 g/mol. The lowest BCUT2D eigenvalue weighted by atomic mass is 10.1. The first-order valence-corrected chi connectivity index (χ1v) is 11.9. The van der Waals surface area contributed by atoms with Gasteiger partial charge in [0.2, 0.25) is 0 Å². The van der Waals surface area contributed by atoms with Crippen LogP contribution in [-0.4, -0.2) is 39.4 Å². The molecule has 3 aromatic carbocycles. The molecule has 168 valence electrons. The first-order valence-electron chi connectivity index (χ1n) is 10.5. The molecule has 0 radical (unpaired) electrons. The number of sulfonamides is 1. The van der Waals surface area contributed by atoms with E-state index in [1.807, 2.05) is 37.3 Å². The number of benzene rings is 3. The van der Waals surface area contributed by atoms with Gasteiger partial charge in [0.25, 0.3) is 15.9 Å². The number of ether oxygens (including phenoxy) is 1. The molecule has 0 heterocycles. The third-order valence-corrected chi connectivity index (χ3v) is 6.77. The topological polar surface area (TPSA) is 75.7 Å². The van der Waals surface area contributed by atoms with Gasteiger partial charge in [0.05, 0.1) is 17.7 Å². The van der Waals surface area contributed by atoms with Crippen molar-refractivity contribution < 1.29 is 17.9 Å². The minimum atomic E-state index is -3.92. The Morgan fingerprint density at radius 3 is 2.38 bits per heavy atom. The van der Waals surface area contributed by atoms with Crippen molar-refractivity contribution >= 4 is 21.6 Å². The average molecular weight is 453 g/mol. The molecule has 0 spiro atoms. The lowest BCUT2D eigenvalue weighted by molar-refractivity contribution is 0.0766. The highest BCUT2D eigenvalue weighted by molar-refractivity contribution is 7.92. The number of anilines is 1. The summed E-state index contributed by atoms with van der Waals surface area (Å²) in [5.41, 5.74) is 2.37. The quantitative estimate of drug-likeness (QED) is 0.518. The molecule has 0 aliphatic carbocycles. The molecular formula is C25H28N2O4S. The highest BCUT2D eigenvalue weighted by Crippen LogP contribution is 2.27. The van der Waals surface area contributed by atoms with Crippen molar-refractivity contribution in [2.45, 2.75) is 25.2 Å². The number of nitrogens with one attached hydrogen (secondary N) is 1. The standard InChI is InChI=1S/C25H28N2O4S/c1-4-27(17-16-20-10-6-5-7-11-20)25(28)21-15-14-19(2)24(18-21)32(29,30)26-22-12-8-9-13-23(22)31-3/h5-15,18,26H,4,16-17H2,1-3H3. The molecule has 0 aromatic heterocycles. The predicted octanol–water partition coefficient (Wildman–Crippen LogP) is 4.51. The van der Waals surface area contributed by atoms with Gasteiger partial charge in [-0.3, -0.25) is 9.52 Å². The molecule has 0 unspecified atom stereocenters. The van der Waals surface area contributed by atoms with E-state index in [4.69, 9.17) is 4.74 Å². The van der Waals surface area contributed by atoms with Gasteiger partial charge in [0, 0.05) is 18.7 Å². The molecule has 3 aromatic rings. The van der Waals surface area contributed by atoms with Crippen LogP contribution in [0.4, 0.5) is 5.69 Å². The summed E-state index contributed by atoms with van der Waals surface area (Å²) in [7, 11) is -2.44. The van der Waals surface area contributed by atoms with E-state index in [1.54, 1.807) is 48.2 Å². The molecule has 7 heteroatoms. The summed E-state index contributed by atoms with van der Waals surface area (Å²) < 4.78 is 34.1. The van der Waals surface area contributed by atoms with Crippen molar-refractivity contribution in [1.29, 1.82) is 0 Å². The van der Waals surface area contributed by atoms with Crippen molar-refractivity contribution in [1.82, 2.24) is 4.90 Å². The number of carbonyl (C=O) groups is 1. The minimum Gasteiger partial charge on any atom is -0.495 e. The zero-order chi connectivity index (χ0) is 23.1. The zero-order valence-corrected chi connectivity index (χ0v) is 19.4. The number of carbonyl (C=O) groups excluding carboxylic acids is 1. The van der Waals surface area contributed by atoms with Crippen LogP contribution in [0.1, 0.15) is 28.4 Å². The van der Waals surface area contributed by atoms with Crippen molar-refractivity contribution in [2.75, 3.05) is 24.9 Å². The Balaban J connectivity index is 1.84. The molecule has 0 fully saturated rings. The lowest BCUT2D eigenvalue weighted by Crippen LogP contribution is -2.33. The van der Waals surface area contributed by atoms with Gasteiger partial charge >= 0.3 is 0 Å². The number of hydrogen-bond acceptors (Lipinski definition) is 4. The van der Waals surface area contributed by atoms with Gasteiger partial charge in [-0.25, -0.2) is 8.42 Å². The minimum absolute atomic E-state index is 0.0633. The maximum Gasteiger partial charge on any atom is 0.262 e. The largest absolute Gasteiger partial charge is 0.495 e. The number of para-hydroxylation sites is 2. The lowest BCUT2D eigenvalue weighted by Gasteiger charge is -2.22. The van der Waals surface area contributed by atoms with Gasteiger partial charge in [-0.15, -0.1) is 0 Å². The molecule has 0 aliphatic rings. The third-order valence-electron chi connectivity index (χ3n) is 5.26. The van der Waals surface area contributed by atoms with E-state index in [0.717, 1.165) is 12.0 Å². The zero-order valence-electron chi connectivity index (χ0n) is 18.5. The van der Waals surface area contributed by atoms with E-state index in [2.05, 4.69) is 4.72 Å². The summed E-state index contributed by atoms with van der Waals surface area (Å²) in [6, 6.07) is 21.5. The van der Waals surface area contributed by atoms with Crippen LogP contribution in [-0.2, 0) is 16.4 Å². The fraction of sp³-hybridized carbons (Fsp3) is 0.240. The summed E-state index contributed by atoms with van der Waals surface area (Å²) in [5, 5.41) is 0. The van der Waals surface area contributed by atoms with E-state index in [1.165, 1.54) is 13.2 Å². The van der Waals surface area contributed by atoms with Gasteiger partial charge in [0.1, 0.15) is 5.75 Å². The van der Waals surface area contributed by atoms with E-state index >= 15 is 0 Å². The Labute approximate surface area is 189 Å². The van der Waals surface area contributed by atoms with Crippen LogP contribution in [0.3, 0.4) is 0 Å². The molecule has 0 saturated heterocycles. The van der Waals surface area contributed by atoms with Gasteiger partial charge in [-0.05, 0) is 55.7 Å². The number of amides is 1. The Hall–Kier alpha value is -3.32. The Kier molecular flexibility index (Phi) is 7.53. The summed E-state index contributed by atoms with van der Waals surface area (Å²) in [6.07, 6.45) is 0.729. The Bertz CT molecular complexity index is 1180. The third kappa shape index (κ3) is 5.48. The molecular weight excluding hydrogens is 424 g/mol. The molecule has 0 aliphatic heterocycles. The van der Waals surface area contributed by atoms with E-state index in [0.29, 0.717) is 35.7 Å². The van der Waals surface area contributed by atoms with Crippen molar-refractivity contribution in [3.63, 3.8) is 0 Å². The Morgan fingerprint density at radius 2 is 1.69 bits per heavy atom. The van der Waals surface area contributed by atoms with Crippen LogP contribution in [0.2, 0.25) is 0 Å². The van der Waals surface area contributed by atoms with Crippen molar-refractivity contribution in [3.05, 3.63) is 89.5 Å². The summed E-state index contributed by atoms with van der Waals surface area (Å²) in [6.45, 7) is 4.70. The number of methoxy groups -OCH3 is 1. The number of aryl methyl sites for hydroxylation is 1. The summed E-state index contributed by atoms with van der Waals surface area (Å²) in [4.78, 5) is 14.9. The molecule has 1 N–H and O–H groups in total. The second-order valence-corrected chi connectivity index (χ2v) is 9.06. The van der Waals surface area contributed by atoms with Crippen LogP contribution in [0.5, 0.6) is 5.75 Å².